The van der Waals surface area contributed by atoms with Crippen LogP contribution in [0.15, 0.2) is 30.6 Å². The first-order valence-electron chi connectivity index (χ1n) is 7.60. The van der Waals surface area contributed by atoms with E-state index in [0.29, 0.717) is 12.1 Å². The van der Waals surface area contributed by atoms with Crippen LogP contribution in [0.2, 0.25) is 0 Å². The van der Waals surface area contributed by atoms with E-state index in [1.165, 1.54) is 18.4 Å². The van der Waals surface area contributed by atoms with Crippen LogP contribution in [-0.2, 0) is 13.1 Å². The predicted octanol–water partition coefficient (Wildman–Crippen LogP) is 2.61. The van der Waals surface area contributed by atoms with Gasteiger partial charge in [0, 0.05) is 24.3 Å². The van der Waals surface area contributed by atoms with E-state index in [1.807, 2.05) is 16.8 Å². The Morgan fingerprint density at radius 3 is 2.81 bits per heavy atom. The minimum atomic E-state index is 0.343. The third kappa shape index (κ3) is 3.42. The molecular weight excluding hydrogens is 262 g/mol. The number of nitrogens with two attached hydrogens (primary N) is 1. The summed E-state index contributed by atoms with van der Waals surface area (Å²) >= 11 is 0. The molecule has 2 aromatic rings. The summed E-state index contributed by atoms with van der Waals surface area (Å²) in [6, 6.07) is 9.16. The fourth-order valence-corrected chi connectivity index (χ4v) is 2.68. The number of aromatic nitrogens is 3. The summed E-state index contributed by atoms with van der Waals surface area (Å²) in [4.78, 5) is 6.92. The van der Waals surface area contributed by atoms with Crippen LogP contribution < -0.4 is 5.73 Å². The molecule has 1 aliphatic carbocycles. The maximum atomic E-state index is 5.88. The monoisotopic (exact) mass is 285 g/mol. The van der Waals surface area contributed by atoms with Gasteiger partial charge in [-0.1, -0.05) is 12.1 Å². The Labute approximate surface area is 125 Å². The maximum Gasteiger partial charge on any atom is 0.141 e. The first kappa shape index (κ1) is 14.1. The fraction of sp³-hybridized carbons (Fsp3) is 0.500. The Morgan fingerprint density at radius 2 is 2.14 bits per heavy atom. The summed E-state index contributed by atoms with van der Waals surface area (Å²) in [5.41, 5.74) is 7.97. The van der Waals surface area contributed by atoms with Crippen LogP contribution in [-0.4, -0.2) is 25.7 Å². The molecule has 3 rings (SSSR count). The molecule has 0 radical (unpaired) electrons. The highest BCUT2D eigenvalue weighted by molar-refractivity contribution is 5.40. The van der Waals surface area contributed by atoms with Crippen molar-refractivity contribution in [1.82, 2.24) is 19.7 Å². The Hall–Kier alpha value is -1.88. The van der Waals surface area contributed by atoms with Gasteiger partial charge in [-0.05, 0) is 44.4 Å². The van der Waals surface area contributed by atoms with Crippen molar-refractivity contribution in [2.24, 2.45) is 0 Å². The molecule has 1 fully saturated rings. The number of nitrogen functional groups attached to an aromatic ring is 1. The van der Waals surface area contributed by atoms with E-state index < -0.39 is 0 Å². The van der Waals surface area contributed by atoms with Crippen LogP contribution in [0.3, 0.4) is 0 Å². The first-order chi connectivity index (χ1) is 10.1. The van der Waals surface area contributed by atoms with Gasteiger partial charge >= 0.3 is 0 Å². The van der Waals surface area contributed by atoms with Gasteiger partial charge in [0.1, 0.15) is 12.2 Å². The standard InChI is InChI=1S/C16H23N5/c1-12(2)21-16(18-11-19-21)10-20(15-6-7-15)9-13-4-3-5-14(17)8-13/h3-5,8,11-12,15H,6-7,9-10,17H2,1-2H3. The van der Waals surface area contributed by atoms with Gasteiger partial charge in [-0.2, -0.15) is 5.10 Å². The van der Waals surface area contributed by atoms with Gasteiger partial charge in [-0.15, -0.1) is 0 Å². The SMILES string of the molecule is CC(C)n1ncnc1CN(Cc1cccc(N)c1)C1CC1. The minimum Gasteiger partial charge on any atom is -0.399 e. The topological polar surface area (TPSA) is 60.0 Å². The Kier molecular flexibility index (Phi) is 3.92. The van der Waals surface area contributed by atoms with Crippen LogP contribution in [0.25, 0.3) is 0 Å². The fourth-order valence-electron chi connectivity index (χ4n) is 2.68. The molecular formula is C16H23N5. The van der Waals surface area contributed by atoms with Crippen molar-refractivity contribution < 1.29 is 0 Å². The van der Waals surface area contributed by atoms with Gasteiger partial charge < -0.3 is 5.73 Å². The van der Waals surface area contributed by atoms with E-state index in [2.05, 4.69) is 41.0 Å². The van der Waals surface area contributed by atoms with Crippen molar-refractivity contribution in [3.8, 4) is 0 Å². The molecule has 0 unspecified atom stereocenters. The van der Waals surface area contributed by atoms with Crippen molar-refractivity contribution in [2.45, 2.75) is 51.9 Å². The Balaban J connectivity index is 1.74. The third-order valence-electron chi connectivity index (χ3n) is 3.88. The molecule has 5 nitrogen and oxygen atoms in total. The molecule has 112 valence electrons. The van der Waals surface area contributed by atoms with Crippen LogP contribution in [0.5, 0.6) is 0 Å². The minimum absolute atomic E-state index is 0.343. The number of anilines is 1. The summed E-state index contributed by atoms with van der Waals surface area (Å²) in [5, 5.41) is 4.33. The summed E-state index contributed by atoms with van der Waals surface area (Å²) in [6.07, 6.45) is 4.21. The van der Waals surface area contributed by atoms with Gasteiger partial charge in [0.25, 0.3) is 0 Å². The second kappa shape index (κ2) is 5.85. The summed E-state index contributed by atoms with van der Waals surface area (Å²) in [5.74, 6) is 1.04. The van der Waals surface area contributed by atoms with Gasteiger partial charge in [0.15, 0.2) is 0 Å². The first-order valence-corrected chi connectivity index (χ1v) is 7.60. The molecule has 1 aliphatic rings. The Morgan fingerprint density at radius 1 is 1.33 bits per heavy atom. The van der Waals surface area contributed by atoms with Crippen LogP contribution in [0.1, 0.15) is 44.1 Å². The van der Waals surface area contributed by atoms with E-state index in [9.17, 15) is 0 Å². The van der Waals surface area contributed by atoms with E-state index in [1.54, 1.807) is 6.33 Å². The molecule has 21 heavy (non-hydrogen) atoms. The molecule has 0 atom stereocenters. The van der Waals surface area contributed by atoms with E-state index in [4.69, 9.17) is 5.73 Å². The van der Waals surface area contributed by atoms with Gasteiger partial charge in [0.05, 0.1) is 6.54 Å². The molecule has 2 N–H and O–H groups in total. The third-order valence-corrected chi connectivity index (χ3v) is 3.88. The second-order valence-electron chi connectivity index (χ2n) is 6.10. The number of benzene rings is 1. The van der Waals surface area contributed by atoms with E-state index in [-0.39, 0.29) is 0 Å². The largest absolute Gasteiger partial charge is 0.399 e. The molecule has 1 aromatic heterocycles. The van der Waals surface area contributed by atoms with Gasteiger partial charge in [-0.3, -0.25) is 4.90 Å². The molecule has 0 aliphatic heterocycles. The lowest BCUT2D eigenvalue weighted by atomic mass is 10.2. The summed E-state index contributed by atoms with van der Waals surface area (Å²) in [6.45, 7) is 6.04. The normalized spacial score (nSPS) is 15.0. The highest BCUT2D eigenvalue weighted by Gasteiger charge is 2.30. The van der Waals surface area contributed by atoms with E-state index >= 15 is 0 Å². The molecule has 1 heterocycles. The van der Waals surface area contributed by atoms with Crippen LogP contribution in [0, 0.1) is 0 Å². The number of hydrogen-bond acceptors (Lipinski definition) is 4. The van der Waals surface area contributed by atoms with Crippen molar-refractivity contribution in [3.63, 3.8) is 0 Å². The zero-order valence-corrected chi connectivity index (χ0v) is 12.7. The van der Waals surface area contributed by atoms with Gasteiger partial charge in [0.2, 0.25) is 0 Å². The Bertz CT molecular complexity index is 600. The lowest BCUT2D eigenvalue weighted by molar-refractivity contribution is 0.232. The van der Waals surface area contributed by atoms with Crippen LogP contribution in [0.4, 0.5) is 5.69 Å². The highest BCUT2D eigenvalue weighted by Crippen LogP contribution is 2.30. The summed E-state index contributed by atoms with van der Waals surface area (Å²) in [7, 11) is 0. The molecule has 5 heteroatoms. The molecule has 0 spiro atoms. The quantitative estimate of drug-likeness (QED) is 0.829. The number of nitrogens with zero attached hydrogens (tertiary/aromatic N) is 4. The molecule has 0 amide bonds. The highest BCUT2D eigenvalue weighted by atomic mass is 15.4. The average molecular weight is 285 g/mol. The second-order valence-corrected chi connectivity index (χ2v) is 6.10. The smallest absolute Gasteiger partial charge is 0.141 e. The predicted molar refractivity (Wildman–Crippen MR) is 83.5 cm³/mol. The van der Waals surface area contributed by atoms with Crippen molar-refractivity contribution >= 4 is 5.69 Å². The zero-order chi connectivity index (χ0) is 14.8. The van der Waals surface area contributed by atoms with E-state index in [0.717, 1.165) is 24.6 Å². The zero-order valence-electron chi connectivity index (χ0n) is 12.7. The average Bonchev–Trinajstić information content (AvgIpc) is 3.18. The van der Waals surface area contributed by atoms with Crippen molar-refractivity contribution in [3.05, 3.63) is 42.0 Å². The van der Waals surface area contributed by atoms with Crippen molar-refractivity contribution in [1.29, 1.82) is 0 Å². The summed E-state index contributed by atoms with van der Waals surface area (Å²) < 4.78 is 2.01. The number of rotatable bonds is 6. The van der Waals surface area contributed by atoms with Crippen molar-refractivity contribution in [2.75, 3.05) is 5.73 Å². The molecule has 0 bridgehead atoms. The van der Waals surface area contributed by atoms with Gasteiger partial charge in [-0.25, -0.2) is 9.67 Å². The van der Waals surface area contributed by atoms with Crippen LogP contribution >= 0.6 is 0 Å². The molecule has 0 saturated heterocycles. The maximum absolute atomic E-state index is 5.88. The lowest BCUT2D eigenvalue weighted by Crippen LogP contribution is -2.27. The number of hydrogen-bond donors (Lipinski definition) is 1. The lowest BCUT2D eigenvalue weighted by Gasteiger charge is -2.22. The molecule has 1 aromatic carbocycles. The molecule has 1 saturated carbocycles.